The average Bonchev–Trinajstić information content (AvgIpc) is 3.66. The summed E-state index contributed by atoms with van der Waals surface area (Å²) in [5, 5.41) is 19.6. The van der Waals surface area contributed by atoms with Gasteiger partial charge in [-0.05, 0) is 33.4 Å². The Morgan fingerprint density at radius 3 is 1.13 bits per heavy atom. The van der Waals surface area contributed by atoms with E-state index in [1.54, 1.807) is 12.7 Å². The van der Waals surface area contributed by atoms with Gasteiger partial charge in [0, 0.05) is 13.0 Å². The van der Waals surface area contributed by atoms with Crippen molar-refractivity contribution < 1.29 is 10.2 Å². The number of aliphatic hydroxyl groups is 2. The van der Waals surface area contributed by atoms with E-state index in [0.29, 0.717) is 23.5 Å². The highest BCUT2D eigenvalue weighted by molar-refractivity contribution is 5.87. The fourth-order valence-corrected chi connectivity index (χ4v) is 7.87. The highest BCUT2D eigenvalue weighted by atomic mass is 16.5. The van der Waals surface area contributed by atoms with Gasteiger partial charge in [-0.25, -0.2) is 15.0 Å². The highest BCUT2D eigenvalue weighted by Crippen LogP contribution is 2.55. The van der Waals surface area contributed by atoms with Crippen LogP contribution in [-0.4, -0.2) is 36.0 Å². The van der Waals surface area contributed by atoms with Crippen molar-refractivity contribution in [3.05, 3.63) is 228 Å². The van der Waals surface area contributed by atoms with Crippen LogP contribution in [0.15, 0.2) is 195 Å². The monoisotopic (exact) mass is 693 g/mol. The fourth-order valence-electron chi connectivity index (χ4n) is 7.87. The molecule has 2 N–H and O–H groups in total. The molecule has 0 aliphatic rings. The smallest absolute Gasteiger partial charge is 0.165 e. The first-order valence-corrected chi connectivity index (χ1v) is 17.8. The summed E-state index contributed by atoms with van der Waals surface area (Å²) in [6.07, 6.45) is 1.97. The summed E-state index contributed by atoms with van der Waals surface area (Å²) in [4.78, 5) is 17.5. The summed E-state index contributed by atoms with van der Waals surface area (Å²) in [5.41, 5.74) is 5.25. The van der Waals surface area contributed by atoms with Crippen LogP contribution < -0.4 is 4.90 Å². The predicted molar refractivity (Wildman–Crippen MR) is 209 cm³/mol. The number of fused-ring (bicyclic) bond motifs is 1. The van der Waals surface area contributed by atoms with Crippen molar-refractivity contribution in [1.29, 1.82) is 0 Å². The van der Waals surface area contributed by atoms with E-state index in [1.807, 2.05) is 41.0 Å². The van der Waals surface area contributed by atoms with E-state index in [2.05, 4.69) is 150 Å². The predicted octanol–water partition coefficient (Wildman–Crippen LogP) is 8.32. The molecule has 0 atom stereocenters. The summed E-state index contributed by atoms with van der Waals surface area (Å²) in [5.74, 6) is 0.603. The van der Waals surface area contributed by atoms with E-state index in [4.69, 9.17) is 15.0 Å². The van der Waals surface area contributed by atoms with Gasteiger partial charge in [0.25, 0.3) is 0 Å². The molecule has 8 aromatic rings. The molecule has 0 bridgehead atoms. The Morgan fingerprint density at radius 2 is 0.811 bits per heavy atom. The molecule has 0 aliphatic carbocycles. The Labute approximate surface area is 309 Å². The molecule has 7 heteroatoms. The summed E-state index contributed by atoms with van der Waals surface area (Å²) in [6.45, 7) is 0.313. The third kappa shape index (κ3) is 5.86. The maximum absolute atomic E-state index is 9.82. The number of benzene rings is 6. The van der Waals surface area contributed by atoms with Gasteiger partial charge in [0.05, 0.1) is 6.33 Å². The molecule has 0 saturated heterocycles. The third-order valence-corrected chi connectivity index (χ3v) is 10.0. The van der Waals surface area contributed by atoms with E-state index in [1.165, 1.54) is 0 Å². The molecular formula is C46H39N5O2. The second-order valence-electron chi connectivity index (χ2n) is 13.0. The summed E-state index contributed by atoms with van der Waals surface area (Å²) >= 11 is 0. The van der Waals surface area contributed by atoms with Crippen molar-refractivity contribution >= 4 is 17.0 Å². The van der Waals surface area contributed by atoms with Crippen molar-refractivity contribution in [2.24, 2.45) is 0 Å². The number of nitrogens with zero attached hydrogens (tertiary/aromatic N) is 5. The second kappa shape index (κ2) is 14.7. The fraction of sp³-hybridized carbons (Fsp3) is 0.109. The molecule has 0 unspecified atom stereocenters. The number of rotatable bonds is 12. The minimum atomic E-state index is -1.46. The molecule has 7 nitrogen and oxygen atoms in total. The van der Waals surface area contributed by atoms with Crippen molar-refractivity contribution in [2.75, 3.05) is 4.90 Å². The molecule has 260 valence electrons. The molecule has 53 heavy (non-hydrogen) atoms. The number of aryl methyl sites for hydroxylation is 1. The lowest BCUT2D eigenvalue weighted by Crippen LogP contribution is -2.60. The molecule has 2 aromatic heterocycles. The number of hydrogen-bond acceptors (Lipinski definition) is 6. The largest absolute Gasteiger partial charge is 0.368 e. The Balaban J connectivity index is 1.64. The maximum Gasteiger partial charge on any atom is 0.165 e. The number of aromatic nitrogens is 4. The zero-order valence-corrected chi connectivity index (χ0v) is 29.1. The van der Waals surface area contributed by atoms with Gasteiger partial charge >= 0.3 is 0 Å². The van der Waals surface area contributed by atoms with Gasteiger partial charge in [-0.3, -0.25) is 0 Å². The second-order valence-corrected chi connectivity index (χ2v) is 13.0. The van der Waals surface area contributed by atoms with Gasteiger partial charge in [0.2, 0.25) is 0 Å². The number of anilines is 1. The van der Waals surface area contributed by atoms with Crippen LogP contribution >= 0.6 is 0 Å². The van der Waals surface area contributed by atoms with E-state index in [9.17, 15) is 10.2 Å². The quantitative estimate of drug-likeness (QED) is 0.0989. The molecular weight excluding hydrogens is 655 g/mol. The van der Waals surface area contributed by atoms with Crippen LogP contribution in [0.3, 0.4) is 0 Å². The van der Waals surface area contributed by atoms with Gasteiger partial charge in [-0.2, -0.15) is 0 Å². The van der Waals surface area contributed by atoms with Crippen LogP contribution in [0.25, 0.3) is 11.2 Å². The van der Waals surface area contributed by atoms with Crippen molar-refractivity contribution in [2.45, 2.75) is 30.3 Å². The molecule has 8 rings (SSSR count). The molecule has 6 aromatic carbocycles. The maximum atomic E-state index is 9.82. The van der Waals surface area contributed by atoms with E-state index in [0.717, 1.165) is 33.4 Å². The Hall–Kier alpha value is -6.41. The minimum Gasteiger partial charge on any atom is -0.368 e. The number of aliphatic hydroxyl groups excluding tert-OH is 1. The Kier molecular flexibility index (Phi) is 9.34. The van der Waals surface area contributed by atoms with Crippen molar-refractivity contribution in [3.8, 4) is 0 Å². The molecule has 0 amide bonds. The van der Waals surface area contributed by atoms with E-state index >= 15 is 0 Å². The normalized spacial score (nSPS) is 11.9. The van der Waals surface area contributed by atoms with E-state index in [-0.39, 0.29) is 6.42 Å². The topological polar surface area (TPSA) is 87.3 Å². The molecule has 0 fully saturated rings. The van der Waals surface area contributed by atoms with Crippen LogP contribution in [0.5, 0.6) is 0 Å². The van der Waals surface area contributed by atoms with Crippen LogP contribution in [0.4, 0.5) is 5.82 Å². The van der Waals surface area contributed by atoms with Gasteiger partial charge in [0.15, 0.2) is 23.3 Å². The standard InChI is InChI=1S/C46H39N5O2/c52-41(53)31-32-50-34-49-42-43(50)47-33-48-44(42)51(45(35-19-7-1-8-20-35,36-21-9-2-10-22-36)37-23-11-3-12-24-37)46(38-25-13-4-14-26-38,39-27-15-5-16-28-39)40-29-17-6-18-30-40/h1-30,33-34,41,52-53H,31-32H2. The van der Waals surface area contributed by atoms with Gasteiger partial charge in [0.1, 0.15) is 17.4 Å². The summed E-state index contributed by atoms with van der Waals surface area (Å²) in [7, 11) is 0. The Bertz CT molecular complexity index is 2050. The lowest BCUT2D eigenvalue weighted by atomic mass is 9.67. The van der Waals surface area contributed by atoms with Crippen LogP contribution in [0, 0.1) is 0 Å². The number of imidazole rings is 1. The number of hydrogen-bond donors (Lipinski definition) is 2. The van der Waals surface area contributed by atoms with Crippen molar-refractivity contribution in [3.63, 3.8) is 0 Å². The van der Waals surface area contributed by atoms with E-state index < -0.39 is 17.4 Å². The first-order valence-electron chi connectivity index (χ1n) is 17.8. The minimum absolute atomic E-state index is 0.123. The summed E-state index contributed by atoms with van der Waals surface area (Å²) < 4.78 is 1.86. The Morgan fingerprint density at radius 1 is 0.472 bits per heavy atom. The van der Waals surface area contributed by atoms with Gasteiger partial charge < -0.3 is 19.7 Å². The zero-order valence-electron chi connectivity index (χ0n) is 29.1. The summed E-state index contributed by atoms with van der Waals surface area (Å²) in [6, 6.07) is 63.7. The van der Waals surface area contributed by atoms with Crippen LogP contribution in [0.1, 0.15) is 39.8 Å². The lowest BCUT2D eigenvalue weighted by molar-refractivity contribution is -0.0475. The molecule has 0 spiro atoms. The third-order valence-electron chi connectivity index (χ3n) is 10.0. The molecule has 0 saturated carbocycles. The highest BCUT2D eigenvalue weighted by Gasteiger charge is 2.55. The average molecular weight is 694 g/mol. The molecule has 0 radical (unpaired) electrons. The van der Waals surface area contributed by atoms with Crippen molar-refractivity contribution in [1.82, 2.24) is 19.5 Å². The van der Waals surface area contributed by atoms with Gasteiger partial charge in [-0.15, -0.1) is 0 Å². The molecule has 2 heterocycles. The first kappa shape index (κ1) is 33.7. The lowest BCUT2D eigenvalue weighted by Gasteiger charge is -2.56. The van der Waals surface area contributed by atoms with Crippen LogP contribution in [0.2, 0.25) is 0 Å². The molecule has 0 aliphatic heterocycles. The first-order chi connectivity index (χ1) is 26.1. The SMILES string of the molecule is OC(O)CCn1cnc2c(N(C(c3ccccc3)(c3ccccc3)c3ccccc3)C(c3ccccc3)(c3ccccc3)c3ccccc3)ncnc21. The zero-order chi connectivity index (χ0) is 36.1. The van der Waals surface area contributed by atoms with Gasteiger partial charge in [-0.1, -0.05) is 182 Å². The van der Waals surface area contributed by atoms with Crippen LogP contribution in [-0.2, 0) is 17.6 Å².